The number of sulfonamides is 1. The fourth-order valence-electron chi connectivity index (χ4n) is 2.26. The molecule has 0 N–H and O–H groups in total. The molecule has 0 saturated carbocycles. The van der Waals surface area contributed by atoms with Crippen molar-refractivity contribution in [1.82, 2.24) is 4.90 Å². The van der Waals surface area contributed by atoms with Gasteiger partial charge in [-0.15, -0.1) is 15.7 Å². The van der Waals surface area contributed by atoms with E-state index in [0.29, 0.717) is 11.4 Å². The SMILES string of the molecule is CCN1C(=O)/C(=C/c2ccc(OC)cc2)S/C1=N/S(=O)(=O)c1cccs1. The first-order valence-corrected chi connectivity index (χ1v) is 10.8. The molecule has 0 spiro atoms. The zero-order valence-electron chi connectivity index (χ0n) is 14.1. The van der Waals surface area contributed by atoms with Gasteiger partial charge in [-0.2, -0.15) is 8.42 Å². The molecule has 26 heavy (non-hydrogen) atoms. The van der Waals surface area contributed by atoms with Crippen molar-refractivity contribution in [3.63, 3.8) is 0 Å². The predicted octanol–water partition coefficient (Wildman–Crippen LogP) is 3.44. The maximum Gasteiger partial charge on any atom is 0.294 e. The molecule has 1 amide bonds. The average Bonchev–Trinajstić information content (AvgIpc) is 3.25. The third-order valence-corrected chi connectivity index (χ3v) is 7.33. The summed E-state index contributed by atoms with van der Waals surface area (Å²) in [5, 5.41) is 1.85. The Hall–Kier alpha value is -2.10. The van der Waals surface area contributed by atoms with E-state index in [1.165, 1.54) is 11.0 Å². The lowest BCUT2D eigenvalue weighted by Gasteiger charge is -2.11. The van der Waals surface area contributed by atoms with Crippen LogP contribution in [0.5, 0.6) is 5.75 Å². The van der Waals surface area contributed by atoms with Gasteiger partial charge >= 0.3 is 0 Å². The topological polar surface area (TPSA) is 76.0 Å². The van der Waals surface area contributed by atoms with Crippen LogP contribution in [0.4, 0.5) is 0 Å². The molecule has 0 radical (unpaired) electrons. The van der Waals surface area contributed by atoms with Gasteiger partial charge in [0.2, 0.25) is 0 Å². The molecule has 3 rings (SSSR count). The number of amidine groups is 1. The Kier molecular flexibility index (Phi) is 5.49. The maximum atomic E-state index is 12.6. The average molecular weight is 409 g/mol. The van der Waals surface area contributed by atoms with Gasteiger partial charge in [-0.25, -0.2) is 0 Å². The second kappa shape index (κ2) is 7.65. The maximum absolute atomic E-state index is 12.6. The number of rotatable bonds is 5. The van der Waals surface area contributed by atoms with E-state index in [9.17, 15) is 13.2 Å². The summed E-state index contributed by atoms with van der Waals surface area (Å²) in [7, 11) is -2.24. The van der Waals surface area contributed by atoms with Crippen molar-refractivity contribution >= 4 is 50.3 Å². The standard InChI is InChI=1S/C17H16N2O4S3/c1-3-19-16(20)14(11-12-6-8-13(23-2)9-7-12)25-17(19)18-26(21,22)15-5-4-10-24-15/h4-11H,3H2,1-2H3/b14-11-,18-17+. The molecule has 1 aliphatic rings. The van der Waals surface area contributed by atoms with E-state index in [0.717, 1.165) is 34.4 Å². The van der Waals surface area contributed by atoms with Crippen LogP contribution in [0.25, 0.3) is 6.08 Å². The Morgan fingerprint density at radius 1 is 1.23 bits per heavy atom. The van der Waals surface area contributed by atoms with Crippen LogP contribution < -0.4 is 4.74 Å². The molecule has 6 nitrogen and oxygen atoms in total. The van der Waals surface area contributed by atoms with E-state index in [2.05, 4.69) is 4.40 Å². The number of hydrogen-bond donors (Lipinski definition) is 0. The lowest BCUT2D eigenvalue weighted by Crippen LogP contribution is -2.29. The third-order valence-electron chi connectivity index (χ3n) is 3.57. The lowest BCUT2D eigenvalue weighted by atomic mass is 10.2. The van der Waals surface area contributed by atoms with Gasteiger partial charge in [0.05, 0.1) is 12.0 Å². The number of carbonyl (C=O) groups is 1. The second-order valence-electron chi connectivity index (χ2n) is 5.21. The fraction of sp³-hybridized carbons (Fsp3) is 0.176. The molecule has 9 heteroatoms. The summed E-state index contributed by atoms with van der Waals surface area (Å²) in [5.74, 6) is 0.463. The third kappa shape index (κ3) is 3.84. The van der Waals surface area contributed by atoms with Crippen LogP contribution in [0, 0.1) is 0 Å². The minimum atomic E-state index is -3.82. The van der Waals surface area contributed by atoms with Gasteiger partial charge < -0.3 is 4.74 Å². The first kappa shape index (κ1) is 18.7. The van der Waals surface area contributed by atoms with E-state index in [4.69, 9.17) is 4.74 Å². The summed E-state index contributed by atoms with van der Waals surface area (Å²) >= 11 is 2.16. The minimum Gasteiger partial charge on any atom is -0.497 e. The second-order valence-corrected chi connectivity index (χ2v) is 9.00. The lowest BCUT2D eigenvalue weighted by molar-refractivity contribution is -0.122. The van der Waals surface area contributed by atoms with Gasteiger partial charge in [-0.3, -0.25) is 9.69 Å². The number of amides is 1. The highest BCUT2D eigenvalue weighted by Gasteiger charge is 2.34. The Bertz CT molecular complexity index is 962. The molecular formula is C17H16N2O4S3. The highest BCUT2D eigenvalue weighted by Crippen LogP contribution is 2.34. The molecule has 2 heterocycles. The van der Waals surface area contributed by atoms with E-state index >= 15 is 0 Å². The Morgan fingerprint density at radius 3 is 2.54 bits per heavy atom. The molecule has 1 fully saturated rings. The molecule has 2 aromatic rings. The molecule has 0 bridgehead atoms. The quantitative estimate of drug-likeness (QED) is 0.709. The minimum absolute atomic E-state index is 0.154. The van der Waals surface area contributed by atoms with Crippen LogP contribution in [0.2, 0.25) is 0 Å². The van der Waals surface area contributed by atoms with Crippen LogP contribution >= 0.6 is 23.1 Å². The van der Waals surface area contributed by atoms with E-state index < -0.39 is 10.0 Å². The number of nitrogens with zero attached hydrogens (tertiary/aromatic N) is 2. The van der Waals surface area contributed by atoms with Crippen LogP contribution in [0.15, 0.2) is 55.3 Å². The van der Waals surface area contributed by atoms with Gasteiger partial charge in [-0.05, 0) is 53.9 Å². The van der Waals surface area contributed by atoms with Crippen molar-refractivity contribution < 1.29 is 17.9 Å². The zero-order valence-corrected chi connectivity index (χ0v) is 16.5. The van der Waals surface area contributed by atoms with Gasteiger partial charge in [0.25, 0.3) is 15.9 Å². The van der Waals surface area contributed by atoms with E-state index in [1.54, 1.807) is 43.7 Å². The number of carbonyl (C=O) groups excluding carboxylic acids is 1. The smallest absolute Gasteiger partial charge is 0.294 e. The molecule has 0 unspecified atom stereocenters. The summed E-state index contributed by atoms with van der Waals surface area (Å²) < 4.78 is 33.9. The fourth-order valence-corrected chi connectivity index (χ4v) is 5.48. The van der Waals surface area contributed by atoms with Gasteiger partial charge in [-0.1, -0.05) is 18.2 Å². The van der Waals surface area contributed by atoms with Crippen molar-refractivity contribution in [1.29, 1.82) is 0 Å². The number of thiophene rings is 1. The first-order valence-electron chi connectivity index (χ1n) is 7.68. The number of thioether (sulfide) groups is 1. The zero-order chi connectivity index (χ0) is 18.7. The highest BCUT2D eigenvalue weighted by atomic mass is 32.2. The van der Waals surface area contributed by atoms with E-state index in [-0.39, 0.29) is 15.3 Å². The molecule has 1 aromatic heterocycles. The monoisotopic (exact) mass is 408 g/mol. The Morgan fingerprint density at radius 2 is 1.96 bits per heavy atom. The number of benzene rings is 1. The summed E-state index contributed by atoms with van der Waals surface area (Å²) in [6.07, 6.45) is 1.72. The summed E-state index contributed by atoms with van der Waals surface area (Å²) in [4.78, 5) is 14.4. The van der Waals surface area contributed by atoms with Gasteiger partial charge in [0.15, 0.2) is 5.17 Å². The Balaban J connectivity index is 1.93. The number of ether oxygens (including phenoxy) is 1. The van der Waals surface area contributed by atoms with Crippen molar-refractivity contribution in [3.05, 3.63) is 52.2 Å². The number of methoxy groups -OCH3 is 1. The summed E-state index contributed by atoms with van der Waals surface area (Å²) in [6, 6.07) is 10.4. The summed E-state index contributed by atoms with van der Waals surface area (Å²) in [6.45, 7) is 2.12. The molecule has 0 atom stereocenters. The van der Waals surface area contributed by atoms with Crippen molar-refractivity contribution in [3.8, 4) is 5.75 Å². The van der Waals surface area contributed by atoms with Crippen molar-refractivity contribution in [2.45, 2.75) is 11.1 Å². The highest BCUT2D eigenvalue weighted by molar-refractivity contribution is 8.19. The first-order chi connectivity index (χ1) is 12.4. The normalized spacial score (nSPS) is 18.1. The van der Waals surface area contributed by atoms with Gasteiger partial charge in [0.1, 0.15) is 9.96 Å². The molecule has 1 aliphatic heterocycles. The van der Waals surface area contributed by atoms with Crippen LogP contribution in [-0.4, -0.2) is 38.0 Å². The van der Waals surface area contributed by atoms with Crippen molar-refractivity contribution in [2.75, 3.05) is 13.7 Å². The Labute approximate surface area is 160 Å². The van der Waals surface area contributed by atoms with Crippen molar-refractivity contribution in [2.24, 2.45) is 4.40 Å². The van der Waals surface area contributed by atoms with Gasteiger partial charge in [0, 0.05) is 6.54 Å². The number of hydrogen-bond acceptors (Lipinski definition) is 6. The van der Waals surface area contributed by atoms with Crippen LogP contribution in [0.1, 0.15) is 12.5 Å². The molecule has 1 saturated heterocycles. The molecule has 0 aliphatic carbocycles. The number of likely N-dealkylation sites (N-methyl/N-ethyl adjacent to an activating group) is 1. The molecule has 1 aromatic carbocycles. The summed E-state index contributed by atoms with van der Waals surface area (Å²) in [5.41, 5.74) is 0.820. The predicted molar refractivity (Wildman–Crippen MR) is 105 cm³/mol. The van der Waals surface area contributed by atoms with E-state index in [1.807, 2.05) is 12.1 Å². The van der Waals surface area contributed by atoms with Crippen LogP contribution in [0.3, 0.4) is 0 Å². The largest absolute Gasteiger partial charge is 0.497 e. The van der Waals surface area contributed by atoms with Crippen LogP contribution in [-0.2, 0) is 14.8 Å². The molecule has 136 valence electrons. The molecular weight excluding hydrogens is 392 g/mol.